The molecule has 3 fully saturated rings. The van der Waals surface area contributed by atoms with Gasteiger partial charge in [-0.3, -0.25) is 14.7 Å². The molecule has 0 N–H and O–H groups in total. The number of nitrogens with zero attached hydrogens (tertiary/aromatic N) is 8. The molecule has 3 aliphatic heterocycles. The van der Waals surface area contributed by atoms with Gasteiger partial charge in [0.1, 0.15) is 23.6 Å². The fraction of sp³-hybridized carbons (Fsp3) is 0.405. The predicted molar refractivity (Wildman–Crippen MR) is 190 cm³/mol. The Balaban J connectivity index is 1.11. The molecule has 5 aromatic rings. The SMILES string of the molecule is CN(c1nc(OCC23CCCN2CCC3)nc2c(F)c(-c3cccc4cccc(Cl)c34)ncc12)C1CCN(C(=O)/C=C/c2nc(C(C)(F)F)no2)C1. The molecule has 2 aromatic carbocycles. The van der Waals surface area contributed by atoms with Crippen LogP contribution in [0, 0.1) is 5.82 Å². The first-order valence-corrected chi connectivity index (χ1v) is 17.7. The Bertz CT molecular complexity index is 2190. The first-order chi connectivity index (χ1) is 25.0. The molecular weight excluding hydrogens is 697 g/mol. The maximum absolute atomic E-state index is 16.8. The molecule has 0 bridgehead atoms. The monoisotopic (exact) mass is 732 g/mol. The lowest BCUT2D eigenvalue weighted by Crippen LogP contribution is -2.43. The van der Waals surface area contributed by atoms with E-state index in [0.29, 0.717) is 60.2 Å². The van der Waals surface area contributed by atoms with E-state index in [2.05, 4.69) is 25.0 Å². The zero-order chi connectivity index (χ0) is 36.2. The van der Waals surface area contributed by atoms with Gasteiger partial charge in [-0.15, -0.1) is 0 Å². The Hall–Kier alpha value is -4.82. The number of hydrogen-bond donors (Lipinski definition) is 0. The summed E-state index contributed by atoms with van der Waals surface area (Å²) in [5, 5.41) is 5.71. The van der Waals surface area contributed by atoms with Gasteiger partial charge in [0.2, 0.25) is 11.7 Å². The number of aromatic nitrogens is 5. The van der Waals surface area contributed by atoms with E-state index < -0.39 is 17.6 Å². The number of hydrogen-bond acceptors (Lipinski definition) is 10. The molecule has 15 heteroatoms. The third kappa shape index (κ3) is 6.21. The third-order valence-corrected chi connectivity index (χ3v) is 10.9. The molecule has 270 valence electrons. The molecule has 0 aliphatic carbocycles. The van der Waals surface area contributed by atoms with E-state index in [9.17, 15) is 13.6 Å². The molecule has 6 heterocycles. The largest absolute Gasteiger partial charge is 0.461 e. The van der Waals surface area contributed by atoms with Crippen molar-refractivity contribution in [1.29, 1.82) is 0 Å². The average molecular weight is 733 g/mol. The minimum Gasteiger partial charge on any atom is -0.461 e. The molecule has 3 aromatic heterocycles. The minimum atomic E-state index is -3.26. The molecule has 0 spiro atoms. The summed E-state index contributed by atoms with van der Waals surface area (Å²) in [6.07, 6.45) is 8.85. The maximum atomic E-state index is 16.8. The summed E-state index contributed by atoms with van der Waals surface area (Å²) in [6, 6.07) is 10.9. The second-order valence-electron chi connectivity index (χ2n) is 13.9. The zero-order valence-electron chi connectivity index (χ0n) is 28.7. The number of carbonyl (C=O) groups is 1. The molecule has 3 aliphatic rings. The van der Waals surface area contributed by atoms with Crippen LogP contribution in [-0.4, -0.2) is 92.2 Å². The Morgan fingerprint density at radius 1 is 1.13 bits per heavy atom. The molecule has 8 rings (SSSR count). The lowest BCUT2D eigenvalue weighted by molar-refractivity contribution is -0.125. The van der Waals surface area contributed by atoms with Crippen LogP contribution in [-0.2, 0) is 10.7 Å². The second kappa shape index (κ2) is 13.3. The highest BCUT2D eigenvalue weighted by molar-refractivity contribution is 6.36. The topological polar surface area (TPSA) is 114 Å². The summed E-state index contributed by atoms with van der Waals surface area (Å²) < 4.78 is 55.1. The van der Waals surface area contributed by atoms with Crippen LogP contribution in [0.4, 0.5) is 19.0 Å². The van der Waals surface area contributed by atoms with Crippen LogP contribution in [0.15, 0.2) is 53.2 Å². The number of likely N-dealkylation sites (N-methyl/N-ethyl adjacent to an activating group) is 1. The predicted octanol–water partition coefficient (Wildman–Crippen LogP) is 6.89. The zero-order valence-corrected chi connectivity index (χ0v) is 29.4. The lowest BCUT2D eigenvalue weighted by Gasteiger charge is -2.31. The quantitative estimate of drug-likeness (QED) is 0.149. The van der Waals surface area contributed by atoms with Crippen LogP contribution < -0.4 is 9.64 Å². The van der Waals surface area contributed by atoms with Gasteiger partial charge in [-0.05, 0) is 56.6 Å². The number of rotatable bonds is 9. The summed E-state index contributed by atoms with van der Waals surface area (Å²) in [6.45, 7) is 3.87. The summed E-state index contributed by atoms with van der Waals surface area (Å²) in [4.78, 5) is 36.8. The number of ether oxygens (including phenoxy) is 1. The Kier molecular flexibility index (Phi) is 8.77. The number of amides is 1. The van der Waals surface area contributed by atoms with Gasteiger partial charge in [-0.2, -0.15) is 23.7 Å². The number of carbonyl (C=O) groups excluding carboxylic acids is 1. The summed E-state index contributed by atoms with van der Waals surface area (Å²) in [5.74, 6) is -4.76. The van der Waals surface area contributed by atoms with Crippen LogP contribution in [0.25, 0.3) is 39.0 Å². The van der Waals surface area contributed by atoms with Gasteiger partial charge in [0, 0.05) is 67.4 Å². The summed E-state index contributed by atoms with van der Waals surface area (Å²) >= 11 is 6.62. The molecule has 0 radical (unpaired) electrons. The van der Waals surface area contributed by atoms with Crippen molar-refractivity contribution in [3.8, 4) is 17.3 Å². The molecular formula is C37H36ClF3N8O3. The van der Waals surface area contributed by atoms with Gasteiger partial charge in [0.25, 0.3) is 5.89 Å². The maximum Gasteiger partial charge on any atom is 0.319 e. The van der Waals surface area contributed by atoms with E-state index >= 15 is 4.39 Å². The van der Waals surface area contributed by atoms with E-state index in [1.165, 1.54) is 12.2 Å². The van der Waals surface area contributed by atoms with Gasteiger partial charge in [-0.1, -0.05) is 47.1 Å². The number of benzene rings is 2. The molecule has 11 nitrogen and oxygen atoms in total. The number of fused-ring (bicyclic) bond motifs is 3. The molecule has 0 saturated carbocycles. The van der Waals surface area contributed by atoms with Crippen molar-refractivity contribution in [2.45, 2.75) is 56.5 Å². The van der Waals surface area contributed by atoms with Crippen LogP contribution >= 0.6 is 11.6 Å². The molecule has 1 amide bonds. The third-order valence-electron chi connectivity index (χ3n) is 10.6. The smallest absolute Gasteiger partial charge is 0.319 e. The first-order valence-electron chi connectivity index (χ1n) is 17.3. The Morgan fingerprint density at radius 2 is 1.90 bits per heavy atom. The standard InChI is InChI=1S/C37H36ClF3N8O3/c1-36(40,41)34-43-27(52-46-34)11-12-28(50)48-18-13-23(20-48)47(2)33-25-19-42-31(24-9-3-7-22-8-4-10-26(38)29(22)24)30(39)32(25)44-35(45-33)51-21-37-14-5-16-49(37)17-6-15-37/h3-4,7-12,19,23H,5-6,13-18,20-21H2,1-2H3/b12-11+. The summed E-state index contributed by atoms with van der Waals surface area (Å²) in [5.41, 5.74) is 0.648. The van der Waals surface area contributed by atoms with Crippen molar-refractivity contribution >= 4 is 51.1 Å². The van der Waals surface area contributed by atoms with Crippen molar-refractivity contribution in [2.24, 2.45) is 0 Å². The van der Waals surface area contributed by atoms with Crippen molar-refractivity contribution in [2.75, 3.05) is 44.7 Å². The Labute approximate surface area is 302 Å². The molecule has 3 saturated heterocycles. The van der Waals surface area contributed by atoms with Gasteiger partial charge in [-0.25, -0.2) is 4.39 Å². The van der Waals surface area contributed by atoms with Crippen LogP contribution in [0.3, 0.4) is 0 Å². The minimum absolute atomic E-state index is 0.0681. The van der Waals surface area contributed by atoms with Gasteiger partial charge in [0.15, 0.2) is 5.82 Å². The van der Waals surface area contributed by atoms with Gasteiger partial charge in [0.05, 0.1) is 10.9 Å². The first kappa shape index (κ1) is 34.3. The molecule has 52 heavy (non-hydrogen) atoms. The van der Waals surface area contributed by atoms with Gasteiger partial charge < -0.3 is 19.1 Å². The van der Waals surface area contributed by atoms with Crippen molar-refractivity contribution in [3.63, 3.8) is 0 Å². The lowest BCUT2D eigenvalue weighted by atomic mass is 9.95. The average Bonchev–Trinajstić information content (AvgIpc) is 3.94. The fourth-order valence-corrected chi connectivity index (χ4v) is 8.14. The molecule has 1 atom stereocenters. The van der Waals surface area contributed by atoms with Crippen LogP contribution in [0.1, 0.15) is 50.7 Å². The highest BCUT2D eigenvalue weighted by Crippen LogP contribution is 2.41. The number of halogens is 4. The van der Waals surface area contributed by atoms with Crippen molar-refractivity contribution < 1.29 is 27.2 Å². The van der Waals surface area contributed by atoms with Crippen LogP contribution in [0.2, 0.25) is 5.02 Å². The fourth-order valence-electron chi connectivity index (χ4n) is 7.86. The number of pyridine rings is 1. The van der Waals surface area contributed by atoms with E-state index in [4.69, 9.17) is 25.8 Å². The summed E-state index contributed by atoms with van der Waals surface area (Å²) in [7, 11) is 1.84. The molecule has 1 unspecified atom stereocenters. The normalized spacial score (nSPS) is 19.0. The van der Waals surface area contributed by atoms with E-state index in [1.54, 1.807) is 23.2 Å². The van der Waals surface area contributed by atoms with Crippen LogP contribution in [0.5, 0.6) is 6.01 Å². The highest BCUT2D eigenvalue weighted by Gasteiger charge is 2.45. The Morgan fingerprint density at radius 3 is 2.65 bits per heavy atom. The van der Waals surface area contributed by atoms with Gasteiger partial charge >= 0.3 is 11.9 Å². The highest BCUT2D eigenvalue weighted by atomic mass is 35.5. The number of alkyl halides is 2. The number of anilines is 1. The second-order valence-corrected chi connectivity index (χ2v) is 14.3. The van der Waals surface area contributed by atoms with E-state index in [1.807, 2.05) is 36.2 Å². The van der Waals surface area contributed by atoms with E-state index in [0.717, 1.165) is 44.2 Å². The van der Waals surface area contributed by atoms with Crippen molar-refractivity contribution in [3.05, 3.63) is 71.2 Å². The van der Waals surface area contributed by atoms with Crippen molar-refractivity contribution in [1.82, 2.24) is 34.9 Å². The number of likely N-dealkylation sites (tertiary alicyclic amines) is 1. The van der Waals surface area contributed by atoms with E-state index in [-0.39, 0.29) is 40.6 Å².